The normalized spacial score (nSPS) is 10.5. The molecule has 1 N–H and O–H groups in total. The van der Waals surface area contributed by atoms with Gasteiger partial charge in [0, 0.05) is 24.8 Å². The van der Waals surface area contributed by atoms with Gasteiger partial charge in [0.05, 0.1) is 0 Å². The zero-order valence-electron chi connectivity index (χ0n) is 8.41. The molecule has 0 aliphatic heterocycles. The third-order valence-corrected chi connectivity index (χ3v) is 2.18. The molecule has 3 heterocycles. The average molecular weight is 211 g/mol. The molecule has 0 saturated carbocycles. The van der Waals surface area contributed by atoms with Crippen molar-refractivity contribution in [2.24, 2.45) is 0 Å². The van der Waals surface area contributed by atoms with Crippen LogP contribution in [0.1, 0.15) is 0 Å². The second kappa shape index (κ2) is 3.62. The Balaban J connectivity index is 1.99. The number of hydrogen-bond donors (Lipinski definition) is 1. The van der Waals surface area contributed by atoms with E-state index in [0.29, 0.717) is 5.65 Å². The van der Waals surface area contributed by atoms with Crippen LogP contribution in [0, 0.1) is 0 Å². The molecule has 78 valence electrons. The summed E-state index contributed by atoms with van der Waals surface area (Å²) in [6, 6.07) is 7.64. The fourth-order valence-electron chi connectivity index (χ4n) is 1.46. The molecule has 0 aliphatic rings. The van der Waals surface area contributed by atoms with Gasteiger partial charge in [-0.2, -0.15) is 0 Å². The summed E-state index contributed by atoms with van der Waals surface area (Å²) in [5.41, 5.74) is 4.54. The van der Waals surface area contributed by atoms with Gasteiger partial charge in [-0.3, -0.25) is 15.1 Å². The Morgan fingerprint density at radius 1 is 1.00 bits per heavy atom. The molecular weight excluding hydrogens is 202 g/mol. The van der Waals surface area contributed by atoms with Crippen molar-refractivity contribution in [3.8, 4) is 0 Å². The van der Waals surface area contributed by atoms with Crippen LogP contribution in [0.15, 0.2) is 49.1 Å². The lowest BCUT2D eigenvalue weighted by Gasteiger charge is -2.06. The molecule has 3 rings (SSSR count). The van der Waals surface area contributed by atoms with E-state index in [1.165, 1.54) is 0 Å². The highest BCUT2D eigenvalue weighted by Crippen LogP contribution is 2.10. The third-order valence-electron chi connectivity index (χ3n) is 2.18. The van der Waals surface area contributed by atoms with Crippen molar-refractivity contribution in [1.29, 1.82) is 0 Å². The monoisotopic (exact) mass is 211 g/mol. The second-order valence-corrected chi connectivity index (χ2v) is 3.30. The molecule has 0 amide bonds. The second-order valence-electron chi connectivity index (χ2n) is 3.30. The van der Waals surface area contributed by atoms with Crippen LogP contribution in [-0.4, -0.2) is 19.6 Å². The van der Waals surface area contributed by atoms with Crippen LogP contribution >= 0.6 is 0 Å². The Labute approximate surface area is 91.8 Å². The first-order valence-electron chi connectivity index (χ1n) is 4.89. The van der Waals surface area contributed by atoms with Gasteiger partial charge in [0.15, 0.2) is 5.65 Å². The summed E-state index contributed by atoms with van der Waals surface area (Å²) in [6.45, 7) is 0. The van der Waals surface area contributed by atoms with E-state index in [2.05, 4.69) is 20.4 Å². The fourth-order valence-corrected chi connectivity index (χ4v) is 1.46. The standard InChI is InChI=1S/C11H9N5/c1-2-8-16(7-1)15-10-4-3-9-11(14-10)13-6-5-12-9/h1-8H,(H,13,14,15). The van der Waals surface area contributed by atoms with Gasteiger partial charge >= 0.3 is 0 Å². The molecule has 0 aromatic carbocycles. The molecule has 0 fully saturated rings. The molecule has 0 radical (unpaired) electrons. The van der Waals surface area contributed by atoms with Crippen molar-refractivity contribution in [3.63, 3.8) is 0 Å². The summed E-state index contributed by atoms with van der Waals surface area (Å²) in [7, 11) is 0. The number of fused-ring (bicyclic) bond motifs is 1. The van der Waals surface area contributed by atoms with Crippen molar-refractivity contribution in [2.75, 3.05) is 5.43 Å². The van der Waals surface area contributed by atoms with Gasteiger partial charge in [-0.25, -0.2) is 9.97 Å². The summed E-state index contributed by atoms with van der Waals surface area (Å²) in [5.74, 6) is 0.740. The number of nitrogens with zero attached hydrogens (tertiary/aromatic N) is 4. The highest BCUT2D eigenvalue weighted by Gasteiger charge is 1.99. The van der Waals surface area contributed by atoms with E-state index in [9.17, 15) is 0 Å². The number of pyridine rings is 1. The molecule has 3 aromatic heterocycles. The minimum absolute atomic E-state index is 0.639. The van der Waals surface area contributed by atoms with E-state index < -0.39 is 0 Å². The van der Waals surface area contributed by atoms with Crippen LogP contribution in [0.5, 0.6) is 0 Å². The first-order valence-corrected chi connectivity index (χ1v) is 4.89. The van der Waals surface area contributed by atoms with Gasteiger partial charge in [0.25, 0.3) is 0 Å². The van der Waals surface area contributed by atoms with Gasteiger partial charge in [0.2, 0.25) is 0 Å². The molecule has 0 saturated heterocycles. The van der Waals surface area contributed by atoms with Gasteiger partial charge in [-0.1, -0.05) is 0 Å². The van der Waals surface area contributed by atoms with Crippen LogP contribution in [0.2, 0.25) is 0 Å². The van der Waals surface area contributed by atoms with Gasteiger partial charge in [-0.15, -0.1) is 0 Å². The predicted molar refractivity (Wildman–Crippen MR) is 60.8 cm³/mol. The maximum Gasteiger partial charge on any atom is 0.180 e. The Morgan fingerprint density at radius 2 is 1.81 bits per heavy atom. The zero-order chi connectivity index (χ0) is 10.8. The van der Waals surface area contributed by atoms with Crippen LogP contribution in [0.3, 0.4) is 0 Å². The topological polar surface area (TPSA) is 55.6 Å². The molecule has 5 heteroatoms. The quantitative estimate of drug-likeness (QED) is 0.701. The van der Waals surface area contributed by atoms with Crippen molar-refractivity contribution in [2.45, 2.75) is 0 Å². The Bertz CT molecular complexity index is 603. The molecule has 3 aromatic rings. The molecule has 0 unspecified atom stereocenters. The van der Waals surface area contributed by atoms with E-state index in [1.54, 1.807) is 12.4 Å². The van der Waals surface area contributed by atoms with E-state index in [-0.39, 0.29) is 0 Å². The third kappa shape index (κ3) is 1.58. The molecular formula is C11H9N5. The van der Waals surface area contributed by atoms with Crippen LogP contribution in [-0.2, 0) is 0 Å². The molecule has 0 atom stereocenters. The highest BCUT2D eigenvalue weighted by atomic mass is 15.4. The van der Waals surface area contributed by atoms with E-state index >= 15 is 0 Å². The maximum atomic E-state index is 4.34. The van der Waals surface area contributed by atoms with E-state index in [4.69, 9.17) is 0 Å². The van der Waals surface area contributed by atoms with Gasteiger partial charge in [-0.05, 0) is 24.3 Å². The Morgan fingerprint density at radius 3 is 2.69 bits per heavy atom. The summed E-state index contributed by atoms with van der Waals surface area (Å²) in [5, 5.41) is 0. The Hall–Kier alpha value is -2.43. The Kier molecular flexibility index (Phi) is 2.00. The van der Waals surface area contributed by atoms with E-state index in [0.717, 1.165) is 11.3 Å². The molecule has 5 nitrogen and oxygen atoms in total. The molecule has 0 bridgehead atoms. The van der Waals surface area contributed by atoms with Gasteiger partial charge in [0.1, 0.15) is 11.3 Å². The minimum atomic E-state index is 0.639. The fraction of sp³-hybridized carbons (Fsp3) is 0. The van der Waals surface area contributed by atoms with Crippen molar-refractivity contribution < 1.29 is 0 Å². The first kappa shape index (κ1) is 8.84. The van der Waals surface area contributed by atoms with Crippen LogP contribution < -0.4 is 5.43 Å². The smallest absolute Gasteiger partial charge is 0.180 e. The van der Waals surface area contributed by atoms with Crippen molar-refractivity contribution in [1.82, 2.24) is 19.6 Å². The number of rotatable bonds is 2. The molecule has 0 spiro atoms. The van der Waals surface area contributed by atoms with E-state index in [1.807, 2.05) is 41.3 Å². The van der Waals surface area contributed by atoms with Crippen LogP contribution in [0.25, 0.3) is 11.2 Å². The molecule has 0 aliphatic carbocycles. The van der Waals surface area contributed by atoms with Crippen LogP contribution in [0.4, 0.5) is 5.82 Å². The lowest BCUT2D eigenvalue weighted by molar-refractivity contribution is 0.955. The van der Waals surface area contributed by atoms with Gasteiger partial charge < -0.3 is 0 Å². The summed E-state index contributed by atoms with van der Waals surface area (Å²) < 4.78 is 1.82. The number of anilines is 1. The van der Waals surface area contributed by atoms with Crippen molar-refractivity contribution >= 4 is 17.0 Å². The molecule has 16 heavy (non-hydrogen) atoms. The number of hydrogen-bond acceptors (Lipinski definition) is 4. The first-order chi connectivity index (χ1) is 7.92. The summed E-state index contributed by atoms with van der Waals surface area (Å²) >= 11 is 0. The summed E-state index contributed by atoms with van der Waals surface area (Å²) in [4.78, 5) is 12.7. The average Bonchev–Trinajstić information content (AvgIpc) is 2.82. The lowest BCUT2D eigenvalue weighted by Crippen LogP contribution is -2.07. The highest BCUT2D eigenvalue weighted by molar-refractivity contribution is 5.71. The predicted octanol–water partition coefficient (Wildman–Crippen LogP) is 1.70. The number of aromatic nitrogens is 4. The summed E-state index contributed by atoms with van der Waals surface area (Å²) in [6.07, 6.45) is 7.10. The largest absolute Gasteiger partial charge is 0.278 e. The SMILES string of the molecule is c1ccn(Nc2ccc3nccnc3n2)c1. The zero-order valence-corrected chi connectivity index (χ0v) is 8.41. The van der Waals surface area contributed by atoms with Crippen molar-refractivity contribution in [3.05, 3.63) is 49.1 Å². The number of nitrogens with one attached hydrogen (secondary N) is 1. The maximum absolute atomic E-state index is 4.34. The lowest BCUT2D eigenvalue weighted by atomic mass is 10.4. The minimum Gasteiger partial charge on any atom is -0.278 e.